The van der Waals surface area contributed by atoms with Crippen molar-refractivity contribution in [2.75, 3.05) is 6.61 Å². The van der Waals surface area contributed by atoms with Crippen molar-refractivity contribution in [2.24, 2.45) is 5.10 Å². The quantitative estimate of drug-likeness (QED) is 0.114. The first-order valence-electron chi connectivity index (χ1n) is 12.9. The molecule has 0 aliphatic heterocycles. The van der Waals surface area contributed by atoms with E-state index in [1.807, 2.05) is 78.9 Å². The van der Waals surface area contributed by atoms with Gasteiger partial charge in [0.2, 0.25) is 0 Å². The zero-order chi connectivity index (χ0) is 28.8. The molecule has 5 aromatic rings. The van der Waals surface area contributed by atoms with Crippen LogP contribution in [-0.4, -0.2) is 29.3 Å². The summed E-state index contributed by atoms with van der Waals surface area (Å²) in [5.41, 5.74) is 8.71. The molecule has 0 radical (unpaired) electrons. The second-order valence-corrected chi connectivity index (χ2v) is 9.81. The van der Waals surface area contributed by atoms with Crippen LogP contribution in [0.2, 0.25) is 10.0 Å². The van der Waals surface area contributed by atoms with Crippen molar-refractivity contribution in [3.8, 4) is 28.2 Å². The fourth-order valence-electron chi connectivity index (χ4n) is 4.43. The summed E-state index contributed by atoms with van der Waals surface area (Å²) >= 11 is 12.1. The molecule has 0 saturated carbocycles. The van der Waals surface area contributed by atoms with Crippen LogP contribution in [0.1, 0.15) is 33.2 Å². The first-order chi connectivity index (χ1) is 20.0. The van der Waals surface area contributed by atoms with E-state index in [2.05, 4.69) is 15.1 Å². The van der Waals surface area contributed by atoms with Crippen LogP contribution < -0.4 is 5.43 Å². The van der Waals surface area contributed by atoms with Gasteiger partial charge in [0.1, 0.15) is 0 Å². The van der Waals surface area contributed by atoms with E-state index in [0.717, 1.165) is 33.8 Å². The molecule has 0 aliphatic carbocycles. The lowest BCUT2D eigenvalue weighted by molar-refractivity contribution is 0.0526. The molecule has 0 aliphatic rings. The van der Waals surface area contributed by atoms with Crippen LogP contribution in [0.4, 0.5) is 0 Å². The molecule has 204 valence electrons. The average molecular weight is 582 g/mol. The number of nitrogens with zero attached hydrogens (tertiary/aromatic N) is 2. The van der Waals surface area contributed by atoms with E-state index >= 15 is 0 Å². The highest BCUT2D eigenvalue weighted by Crippen LogP contribution is 2.35. The van der Waals surface area contributed by atoms with Crippen LogP contribution in [0.15, 0.2) is 114 Å². The largest absolute Gasteiger partial charge is 0.462 e. The van der Waals surface area contributed by atoms with Crippen LogP contribution in [0.25, 0.3) is 28.2 Å². The lowest BCUT2D eigenvalue weighted by Gasteiger charge is -2.15. The third kappa shape index (κ3) is 6.24. The van der Waals surface area contributed by atoms with Crippen molar-refractivity contribution in [3.05, 3.63) is 136 Å². The molecule has 0 spiro atoms. The van der Waals surface area contributed by atoms with Crippen LogP contribution in [0.3, 0.4) is 0 Å². The van der Waals surface area contributed by atoms with E-state index in [1.54, 1.807) is 37.4 Å². The van der Waals surface area contributed by atoms with Gasteiger partial charge in [-0.2, -0.15) is 5.10 Å². The lowest BCUT2D eigenvalue weighted by atomic mass is 10.1. The molecule has 41 heavy (non-hydrogen) atoms. The number of carbonyl (C=O) groups excluding carboxylic acids is 2. The first kappa shape index (κ1) is 27.9. The smallest absolute Gasteiger partial charge is 0.338 e. The minimum absolute atomic E-state index is 0.285. The van der Waals surface area contributed by atoms with E-state index in [-0.39, 0.29) is 11.0 Å². The third-order valence-corrected chi connectivity index (χ3v) is 7.07. The number of benzene rings is 4. The fourth-order valence-corrected chi connectivity index (χ4v) is 4.73. The van der Waals surface area contributed by atoms with Gasteiger partial charge in [0.15, 0.2) is 0 Å². The number of hydrazone groups is 1. The van der Waals surface area contributed by atoms with Gasteiger partial charge in [0.05, 0.1) is 39.8 Å². The molecule has 0 atom stereocenters. The molecule has 1 amide bonds. The Labute approximate surface area is 247 Å². The van der Waals surface area contributed by atoms with Crippen LogP contribution in [0, 0.1) is 0 Å². The molecule has 4 aromatic carbocycles. The SMILES string of the molecule is CCOC(=O)c1ccc(-n2c(-c3ccccc3)cc(/C=N\NC(=O)c3ccc(Cl)c(Cl)c3)c2-c2ccccc2)cc1. The Morgan fingerprint density at radius 1 is 0.805 bits per heavy atom. The minimum Gasteiger partial charge on any atom is -0.462 e. The second-order valence-electron chi connectivity index (χ2n) is 9.00. The van der Waals surface area contributed by atoms with Crippen molar-refractivity contribution >= 4 is 41.3 Å². The fraction of sp³-hybridized carbons (Fsp3) is 0.0606. The average Bonchev–Trinajstić information content (AvgIpc) is 3.39. The summed E-state index contributed by atoms with van der Waals surface area (Å²) in [4.78, 5) is 25.0. The van der Waals surface area contributed by atoms with Crippen LogP contribution in [0.5, 0.6) is 0 Å². The Kier molecular flexibility index (Phi) is 8.63. The number of rotatable bonds is 8. The number of carbonyl (C=O) groups is 2. The van der Waals surface area contributed by atoms with Gasteiger partial charge in [-0.3, -0.25) is 4.79 Å². The maximum atomic E-state index is 12.7. The van der Waals surface area contributed by atoms with Gasteiger partial charge < -0.3 is 9.30 Å². The topological polar surface area (TPSA) is 72.7 Å². The number of ether oxygens (including phenoxy) is 1. The van der Waals surface area contributed by atoms with Gasteiger partial charge in [0.25, 0.3) is 5.91 Å². The van der Waals surface area contributed by atoms with Crippen molar-refractivity contribution in [1.82, 2.24) is 9.99 Å². The van der Waals surface area contributed by atoms with E-state index in [1.165, 1.54) is 6.07 Å². The normalized spacial score (nSPS) is 11.0. The number of halogens is 2. The number of hydrogen-bond acceptors (Lipinski definition) is 4. The summed E-state index contributed by atoms with van der Waals surface area (Å²) in [5, 5.41) is 4.93. The van der Waals surface area contributed by atoms with E-state index < -0.39 is 5.91 Å². The monoisotopic (exact) mass is 581 g/mol. The highest BCUT2D eigenvalue weighted by atomic mass is 35.5. The number of amides is 1. The Morgan fingerprint density at radius 2 is 1.44 bits per heavy atom. The van der Waals surface area contributed by atoms with Gasteiger partial charge in [-0.05, 0) is 66.6 Å². The maximum Gasteiger partial charge on any atom is 0.338 e. The van der Waals surface area contributed by atoms with Gasteiger partial charge in [-0.1, -0.05) is 83.9 Å². The molecule has 6 nitrogen and oxygen atoms in total. The molecule has 8 heteroatoms. The predicted molar refractivity (Wildman–Crippen MR) is 164 cm³/mol. The predicted octanol–water partition coefficient (Wildman–Crippen LogP) is 8.06. The maximum absolute atomic E-state index is 12.7. The van der Waals surface area contributed by atoms with Gasteiger partial charge in [-0.15, -0.1) is 0 Å². The zero-order valence-corrected chi connectivity index (χ0v) is 23.6. The summed E-state index contributed by atoms with van der Waals surface area (Å²) in [6.45, 7) is 2.08. The summed E-state index contributed by atoms with van der Waals surface area (Å²) in [6.07, 6.45) is 1.62. The zero-order valence-electron chi connectivity index (χ0n) is 22.1. The van der Waals surface area contributed by atoms with Crippen LogP contribution in [-0.2, 0) is 4.74 Å². The molecule has 0 unspecified atom stereocenters. The first-order valence-corrected chi connectivity index (χ1v) is 13.6. The van der Waals surface area contributed by atoms with Gasteiger partial charge in [0, 0.05) is 16.8 Å². The summed E-state index contributed by atoms with van der Waals surface area (Å²) in [6, 6.07) is 33.8. The highest BCUT2D eigenvalue weighted by Gasteiger charge is 2.19. The van der Waals surface area contributed by atoms with E-state index in [4.69, 9.17) is 27.9 Å². The molecule has 1 aromatic heterocycles. The Hall–Kier alpha value is -4.65. The summed E-state index contributed by atoms with van der Waals surface area (Å²) in [5.74, 6) is -0.790. The third-order valence-electron chi connectivity index (χ3n) is 6.34. The lowest BCUT2D eigenvalue weighted by Crippen LogP contribution is -2.17. The number of hydrogen-bond donors (Lipinski definition) is 1. The number of esters is 1. The van der Waals surface area contributed by atoms with Crippen molar-refractivity contribution in [2.45, 2.75) is 6.92 Å². The molecule has 5 rings (SSSR count). The van der Waals surface area contributed by atoms with E-state index in [0.29, 0.717) is 22.8 Å². The molecule has 0 fully saturated rings. The van der Waals surface area contributed by atoms with Crippen molar-refractivity contribution in [3.63, 3.8) is 0 Å². The Balaban J connectivity index is 1.61. The highest BCUT2D eigenvalue weighted by molar-refractivity contribution is 6.42. The molecular formula is C33H25Cl2N3O3. The van der Waals surface area contributed by atoms with Gasteiger partial charge in [-0.25, -0.2) is 10.2 Å². The Bertz CT molecular complexity index is 1710. The standard InChI is InChI=1S/C33H25Cl2N3O3/c1-2-41-33(40)24-13-16-27(17-14-24)38-30(22-9-5-3-6-10-22)20-26(31(38)23-11-7-4-8-12-23)21-36-37-32(39)25-15-18-28(34)29(35)19-25/h3-21H,2H2,1H3,(H,37,39)/b36-21-. The number of nitrogens with one attached hydrogen (secondary N) is 1. The summed E-state index contributed by atoms with van der Waals surface area (Å²) in [7, 11) is 0. The summed E-state index contributed by atoms with van der Waals surface area (Å²) < 4.78 is 7.27. The molecular weight excluding hydrogens is 557 g/mol. The van der Waals surface area contributed by atoms with Crippen molar-refractivity contribution in [1.29, 1.82) is 0 Å². The Morgan fingerprint density at radius 3 is 2.07 bits per heavy atom. The van der Waals surface area contributed by atoms with Crippen molar-refractivity contribution < 1.29 is 14.3 Å². The van der Waals surface area contributed by atoms with E-state index in [9.17, 15) is 9.59 Å². The molecule has 0 bridgehead atoms. The second kappa shape index (κ2) is 12.7. The molecule has 1 N–H and O–H groups in total. The number of aromatic nitrogens is 1. The molecule has 1 heterocycles. The minimum atomic E-state index is -0.418. The van der Waals surface area contributed by atoms with Crippen LogP contribution >= 0.6 is 23.2 Å². The molecule has 0 saturated heterocycles. The van der Waals surface area contributed by atoms with Gasteiger partial charge >= 0.3 is 5.97 Å².